The zero-order valence-electron chi connectivity index (χ0n) is 11.2. The van der Waals surface area contributed by atoms with E-state index in [4.69, 9.17) is 4.98 Å². The average molecular weight is 254 g/mol. The average Bonchev–Trinajstić information content (AvgIpc) is 2.48. The number of piperidine rings is 1. The fraction of sp³-hybridized carbons (Fsp3) is 0.375. The molecule has 3 nitrogen and oxygen atoms in total. The summed E-state index contributed by atoms with van der Waals surface area (Å²) in [4.78, 5) is 18.0. The number of pyridine rings is 1. The van der Waals surface area contributed by atoms with E-state index in [-0.39, 0.29) is 0 Å². The van der Waals surface area contributed by atoms with Gasteiger partial charge in [0.2, 0.25) is 0 Å². The second-order valence-electron chi connectivity index (χ2n) is 5.24. The van der Waals surface area contributed by atoms with E-state index in [0.717, 1.165) is 36.1 Å². The number of aldehydes is 1. The first-order valence-corrected chi connectivity index (χ1v) is 6.89. The van der Waals surface area contributed by atoms with E-state index in [1.807, 2.05) is 18.2 Å². The van der Waals surface area contributed by atoms with Crippen LogP contribution < -0.4 is 4.90 Å². The summed E-state index contributed by atoms with van der Waals surface area (Å²) in [5, 5.41) is 1.07. The summed E-state index contributed by atoms with van der Waals surface area (Å²) in [5.74, 6) is 1.07. The van der Waals surface area contributed by atoms with Gasteiger partial charge in [0.25, 0.3) is 0 Å². The van der Waals surface area contributed by atoms with Gasteiger partial charge in [0.1, 0.15) is 12.1 Å². The molecule has 0 amide bonds. The molecule has 2 aromatic rings. The number of hydrogen-bond donors (Lipinski definition) is 0. The van der Waals surface area contributed by atoms with Gasteiger partial charge in [-0.1, -0.05) is 0 Å². The van der Waals surface area contributed by atoms with Crippen molar-refractivity contribution in [2.45, 2.75) is 26.2 Å². The third-order valence-electron chi connectivity index (χ3n) is 3.84. The van der Waals surface area contributed by atoms with Crippen molar-refractivity contribution in [1.29, 1.82) is 0 Å². The van der Waals surface area contributed by atoms with Gasteiger partial charge in [-0.2, -0.15) is 0 Å². The Morgan fingerprint density at radius 3 is 2.68 bits per heavy atom. The number of nitrogens with zero attached hydrogens (tertiary/aromatic N) is 2. The van der Waals surface area contributed by atoms with Gasteiger partial charge in [0.15, 0.2) is 0 Å². The molecule has 0 spiro atoms. The fourth-order valence-electron chi connectivity index (χ4n) is 2.75. The highest BCUT2D eigenvalue weighted by Crippen LogP contribution is 2.25. The summed E-state index contributed by atoms with van der Waals surface area (Å²) < 4.78 is 0. The topological polar surface area (TPSA) is 33.2 Å². The number of fused-ring (bicyclic) bond motifs is 1. The minimum atomic E-state index is 0.711. The van der Waals surface area contributed by atoms with Crippen molar-refractivity contribution in [3.05, 3.63) is 35.4 Å². The maximum Gasteiger partial charge on any atom is 0.150 e. The lowest BCUT2D eigenvalue weighted by molar-refractivity contribution is 0.112. The molecule has 0 unspecified atom stereocenters. The van der Waals surface area contributed by atoms with Crippen LogP contribution in [0.4, 0.5) is 5.82 Å². The van der Waals surface area contributed by atoms with E-state index < -0.39 is 0 Å². The zero-order valence-corrected chi connectivity index (χ0v) is 11.2. The lowest BCUT2D eigenvalue weighted by Crippen LogP contribution is -2.30. The first kappa shape index (κ1) is 12.2. The van der Waals surface area contributed by atoms with Crippen molar-refractivity contribution < 1.29 is 4.79 Å². The molecule has 1 aliphatic heterocycles. The third kappa shape index (κ3) is 2.33. The number of rotatable bonds is 2. The molecule has 19 heavy (non-hydrogen) atoms. The molecule has 1 fully saturated rings. The maximum atomic E-state index is 10.8. The molecule has 0 bridgehead atoms. The first-order chi connectivity index (χ1) is 9.28. The number of hydrogen-bond acceptors (Lipinski definition) is 3. The van der Waals surface area contributed by atoms with Crippen LogP contribution in [0.5, 0.6) is 0 Å². The summed E-state index contributed by atoms with van der Waals surface area (Å²) in [7, 11) is 0. The molecule has 3 rings (SSSR count). The predicted molar refractivity (Wildman–Crippen MR) is 77.9 cm³/mol. The van der Waals surface area contributed by atoms with E-state index in [2.05, 4.69) is 17.9 Å². The zero-order chi connectivity index (χ0) is 13.2. The summed E-state index contributed by atoms with van der Waals surface area (Å²) >= 11 is 0. The van der Waals surface area contributed by atoms with Gasteiger partial charge in [-0.25, -0.2) is 4.98 Å². The molecule has 98 valence electrons. The van der Waals surface area contributed by atoms with Crippen LogP contribution in [0.25, 0.3) is 10.9 Å². The lowest BCUT2D eigenvalue weighted by atomic mass is 10.1. The minimum absolute atomic E-state index is 0.711. The summed E-state index contributed by atoms with van der Waals surface area (Å²) in [6, 6.07) is 7.84. The van der Waals surface area contributed by atoms with Crippen LogP contribution in [0.1, 0.15) is 35.2 Å². The highest BCUT2D eigenvalue weighted by molar-refractivity contribution is 5.89. The SMILES string of the molecule is Cc1cc(N2CCCCC2)nc2ccc(C=O)cc12. The van der Waals surface area contributed by atoms with Crippen LogP contribution >= 0.6 is 0 Å². The molecular weight excluding hydrogens is 236 g/mol. The smallest absolute Gasteiger partial charge is 0.150 e. The van der Waals surface area contributed by atoms with E-state index >= 15 is 0 Å². The molecule has 1 aromatic heterocycles. The Kier molecular flexibility index (Phi) is 3.20. The number of anilines is 1. The molecule has 2 heterocycles. The van der Waals surface area contributed by atoms with Gasteiger partial charge in [0, 0.05) is 24.0 Å². The molecule has 0 aliphatic carbocycles. The van der Waals surface area contributed by atoms with Gasteiger partial charge < -0.3 is 4.90 Å². The Morgan fingerprint density at radius 2 is 1.95 bits per heavy atom. The Morgan fingerprint density at radius 1 is 1.16 bits per heavy atom. The molecule has 1 saturated heterocycles. The standard InChI is InChI=1S/C16H18N2O/c1-12-9-16(18-7-3-2-4-8-18)17-15-6-5-13(11-19)10-14(12)15/h5-6,9-11H,2-4,7-8H2,1H3. The van der Waals surface area contributed by atoms with Crippen molar-refractivity contribution >= 4 is 23.0 Å². The van der Waals surface area contributed by atoms with Gasteiger partial charge in [-0.05, 0) is 56.0 Å². The third-order valence-corrected chi connectivity index (χ3v) is 3.84. The van der Waals surface area contributed by atoms with E-state index in [9.17, 15) is 4.79 Å². The predicted octanol–water partition coefficient (Wildman–Crippen LogP) is 3.35. The van der Waals surface area contributed by atoms with Gasteiger partial charge in [-0.3, -0.25) is 4.79 Å². The second-order valence-corrected chi connectivity index (χ2v) is 5.24. The number of aryl methyl sites for hydroxylation is 1. The van der Waals surface area contributed by atoms with Crippen molar-refractivity contribution in [2.75, 3.05) is 18.0 Å². The molecule has 0 N–H and O–H groups in total. The molecule has 0 atom stereocenters. The Bertz CT molecular complexity index is 615. The summed E-state index contributed by atoms with van der Waals surface area (Å²) in [6.07, 6.45) is 4.72. The normalized spacial score (nSPS) is 15.7. The molecule has 1 aliphatic rings. The van der Waals surface area contributed by atoms with E-state index in [1.165, 1.54) is 24.8 Å². The van der Waals surface area contributed by atoms with Crippen LogP contribution in [0, 0.1) is 6.92 Å². The fourth-order valence-corrected chi connectivity index (χ4v) is 2.75. The van der Waals surface area contributed by atoms with Crippen LogP contribution in [-0.4, -0.2) is 24.4 Å². The Labute approximate surface area is 113 Å². The van der Waals surface area contributed by atoms with E-state index in [0.29, 0.717) is 5.56 Å². The number of benzene rings is 1. The Balaban J connectivity index is 2.06. The number of carbonyl (C=O) groups excluding carboxylic acids is 1. The van der Waals surface area contributed by atoms with Gasteiger partial charge >= 0.3 is 0 Å². The van der Waals surface area contributed by atoms with Gasteiger partial charge in [-0.15, -0.1) is 0 Å². The highest BCUT2D eigenvalue weighted by atomic mass is 16.1. The molecule has 0 radical (unpaired) electrons. The van der Waals surface area contributed by atoms with Crippen LogP contribution in [0.3, 0.4) is 0 Å². The van der Waals surface area contributed by atoms with Gasteiger partial charge in [0.05, 0.1) is 5.52 Å². The van der Waals surface area contributed by atoms with Crippen molar-refractivity contribution in [1.82, 2.24) is 4.98 Å². The molecule has 1 aromatic carbocycles. The van der Waals surface area contributed by atoms with Crippen LogP contribution in [-0.2, 0) is 0 Å². The maximum absolute atomic E-state index is 10.8. The quantitative estimate of drug-likeness (QED) is 0.771. The highest BCUT2D eigenvalue weighted by Gasteiger charge is 2.13. The number of carbonyl (C=O) groups is 1. The monoisotopic (exact) mass is 254 g/mol. The van der Waals surface area contributed by atoms with Crippen LogP contribution in [0.15, 0.2) is 24.3 Å². The first-order valence-electron chi connectivity index (χ1n) is 6.89. The van der Waals surface area contributed by atoms with E-state index in [1.54, 1.807) is 0 Å². The molecule has 3 heteroatoms. The minimum Gasteiger partial charge on any atom is -0.357 e. The van der Waals surface area contributed by atoms with Crippen molar-refractivity contribution in [3.63, 3.8) is 0 Å². The second kappa shape index (κ2) is 5.00. The van der Waals surface area contributed by atoms with Crippen molar-refractivity contribution in [3.8, 4) is 0 Å². The van der Waals surface area contributed by atoms with Crippen LogP contribution in [0.2, 0.25) is 0 Å². The van der Waals surface area contributed by atoms with Crippen molar-refractivity contribution in [2.24, 2.45) is 0 Å². The Hall–Kier alpha value is -1.90. The summed E-state index contributed by atoms with van der Waals surface area (Å²) in [5.41, 5.74) is 2.88. The number of aromatic nitrogens is 1. The summed E-state index contributed by atoms with van der Waals surface area (Å²) in [6.45, 7) is 4.29. The largest absolute Gasteiger partial charge is 0.357 e. The molecular formula is C16H18N2O. The molecule has 0 saturated carbocycles. The lowest BCUT2D eigenvalue weighted by Gasteiger charge is -2.28.